The minimum absolute atomic E-state index is 0.0884. The van der Waals surface area contributed by atoms with Gasteiger partial charge < -0.3 is 15.5 Å². The molecule has 5 aromatic rings. The number of pyridine rings is 1. The second-order valence-corrected chi connectivity index (χ2v) is 14.7. The Bertz CT molecular complexity index is 2500. The summed E-state index contributed by atoms with van der Waals surface area (Å²) in [6.07, 6.45) is 0.709. The zero-order valence-corrected chi connectivity index (χ0v) is 33.2. The molecule has 1 saturated heterocycles. The number of benzene rings is 2. The summed E-state index contributed by atoms with van der Waals surface area (Å²) in [6.45, 7) is 6.27. The van der Waals surface area contributed by atoms with Crippen molar-refractivity contribution in [1.29, 1.82) is 0 Å². The predicted molar refractivity (Wildman–Crippen MR) is 215 cm³/mol. The zero-order valence-electron chi connectivity index (χ0n) is 33.2. The minimum Gasteiger partial charge on any atom is -0.358 e. The SMILES string of the molecule is CCN1C(=O)CNc2ncc(-c3ccc(-c4ncn(CCCCCCN5C(=O)N(c6ccc(F)cc6)CC5(C)C(=O)Nc5ccc([N+](=O)[O-])c(C(F)(F)F)c5)n4)nc3C)nc21. The average molecular weight is 845 g/mol. The number of alkyl halides is 3. The molecular weight excluding hydrogens is 805 g/mol. The fourth-order valence-corrected chi connectivity index (χ4v) is 7.34. The third-order valence-corrected chi connectivity index (χ3v) is 10.6. The van der Waals surface area contributed by atoms with Gasteiger partial charge in [-0.3, -0.25) is 34.2 Å². The van der Waals surface area contributed by atoms with Crippen LogP contribution in [0.2, 0.25) is 0 Å². The number of anilines is 4. The summed E-state index contributed by atoms with van der Waals surface area (Å²) in [5, 5.41) is 21.3. The Morgan fingerprint density at radius 2 is 1.72 bits per heavy atom. The number of carbonyl (C=O) groups is 3. The van der Waals surface area contributed by atoms with Crippen molar-refractivity contribution >= 4 is 46.5 Å². The summed E-state index contributed by atoms with van der Waals surface area (Å²) in [7, 11) is 0. The van der Waals surface area contributed by atoms with E-state index in [9.17, 15) is 42.1 Å². The molecule has 1 atom stereocenters. The number of likely N-dealkylation sites (N-methyl/N-ethyl adjacent to an activating group) is 1. The van der Waals surface area contributed by atoms with Gasteiger partial charge in [0.05, 0.1) is 29.9 Å². The number of carbonyl (C=O) groups excluding carboxylic acids is 3. The number of nitro groups is 1. The van der Waals surface area contributed by atoms with Crippen molar-refractivity contribution < 1.29 is 36.9 Å². The number of aryl methyl sites for hydroxylation is 2. The third kappa shape index (κ3) is 8.66. The lowest BCUT2D eigenvalue weighted by atomic mass is 9.99. The highest BCUT2D eigenvalue weighted by Gasteiger charge is 2.52. The lowest BCUT2D eigenvalue weighted by molar-refractivity contribution is -0.388. The lowest BCUT2D eigenvalue weighted by Gasteiger charge is -2.32. The van der Waals surface area contributed by atoms with Gasteiger partial charge >= 0.3 is 12.2 Å². The van der Waals surface area contributed by atoms with Crippen LogP contribution in [0.1, 0.15) is 50.8 Å². The highest BCUT2D eigenvalue weighted by Crippen LogP contribution is 2.39. The molecule has 17 nitrogen and oxygen atoms in total. The van der Waals surface area contributed by atoms with Crippen LogP contribution in [0.25, 0.3) is 22.8 Å². The van der Waals surface area contributed by atoms with Crippen molar-refractivity contribution in [3.8, 4) is 22.8 Å². The number of hydrogen-bond acceptors (Lipinski definition) is 11. The monoisotopic (exact) mass is 844 g/mol. The number of nitro benzene ring substituents is 1. The number of fused-ring (bicyclic) bond motifs is 1. The molecule has 2 aliphatic rings. The standard InChI is InChI=1S/C40H40F4N12O5/c1-4-53-33(57)21-46-35-36(53)50-31(20-45-35)28-14-15-30(48-24(28)2)34-47-23-52(51-34)17-7-5-6-8-18-55-38(59)54(27-12-9-25(41)10-13-27)22-39(55,3)37(58)49-26-11-16-32(56(60)61)29(19-26)40(42,43)44/h9-16,19-20,23H,4-8,17-18,21-22H2,1-3H3,(H,45,46)(H,49,58). The van der Waals surface area contributed by atoms with Crippen LogP contribution in [0, 0.1) is 22.9 Å². The molecule has 0 saturated carbocycles. The molecule has 2 N–H and O–H groups in total. The fraction of sp³-hybridized carbons (Fsp3) is 0.350. The van der Waals surface area contributed by atoms with E-state index in [0.29, 0.717) is 84.7 Å². The van der Waals surface area contributed by atoms with E-state index in [2.05, 4.69) is 25.7 Å². The molecule has 21 heteroatoms. The smallest absolute Gasteiger partial charge is 0.358 e. The number of rotatable bonds is 14. The Morgan fingerprint density at radius 1 is 0.984 bits per heavy atom. The molecule has 61 heavy (non-hydrogen) atoms. The van der Waals surface area contributed by atoms with E-state index in [-0.39, 0.29) is 31.2 Å². The number of unbranched alkanes of at least 4 members (excludes halogenated alkanes) is 3. The van der Waals surface area contributed by atoms with E-state index in [0.717, 1.165) is 18.1 Å². The summed E-state index contributed by atoms with van der Waals surface area (Å²) in [6, 6.07) is 10.3. The quantitative estimate of drug-likeness (QED) is 0.0513. The molecule has 4 amide bonds. The lowest BCUT2D eigenvalue weighted by Crippen LogP contribution is -2.54. The number of hydrogen-bond donors (Lipinski definition) is 2. The van der Waals surface area contributed by atoms with Gasteiger partial charge in [0.2, 0.25) is 5.91 Å². The first-order chi connectivity index (χ1) is 29.1. The van der Waals surface area contributed by atoms with Gasteiger partial charge in [0, 0.05) is 48.3 Å². The topological polar surface area (TPSA) is 198 Å². The highest BCUT2D eigenvalue weighted by atomic mass is 19.4. The summed E-state index contributed by atoms with van der Waals surface area (Å²) < 4.78 is 56.5. The number of halogens is 4. The molecule has 2 aromatic carbocycles. The van der Waals surface area contributed by atoms with Crippen LogP contribution in [0.5, 0.6) is 0 Å². The Labute approximate surface area is 346 Å². The largest absolute Gasteiger partial charge is 0.423 e. The number of nitrogens with one attached hydrogen (secondary N) is 2. The highest BCUT2D eigenvalue weighted by molar-refractivity contribution is 6.07. The summed E-state index contributed by atoms with van der Waals surface area (Å²) in [5.74, 6) is 0.00989. The first-order valence-corrected chi connectivity index (χ1v) is 19.4. The van der Waals surface area contributed by atoms with Gasteiger partial charge in [-0.1, -0.05) is 12.8 Å². The van der Waals surface area contributed by atoms with Crippen molar-refractivity contribution in [2.24, 2.45) is 0 Å². The summed E-state index contributed by atoms with van der Waals surface area (Å²) >= 11 is 0. The van der Waals surface area contributed by atoms with E-state index >= 15 is 0 Å². The molecule has 1 fully saturated rings. The van der Waals surface area contributed by atoms with Crippen LogP contribution in [0.3, 0.4) is 0 Å². The summed E-state index contributed by atoms with van der Waals surface area (Å²) in [4.78, 5) is 72.6. The fourth-order valence-electron chi connectivity index (χ4n) is 7.34. The molecule has 3 aromatic heterocycles. The molecule has 7 rings (SSSR count). The molecule has 0 radical (unpaired) electrons. The van der Waals surface area contributed by atoms with Gasteiger partial charge in [-0.15, -0.1) is 5.10 Å². The maximum Gasteiger partial charge on any atom is 0.423 e. The molecule has 1 unspecified atom stereocenters. The van der Waals surface area contributed by atoms with Crippen molar-refractivity contribution in [2.75, 3.05) is 46.6 Å². The van der Waals surface area contributed by atoms with Crippen molar-refractivity contribution in [3.05, 3.63) is 94.3 Å². The zero-order chi connectivity index (χ0) is 43.6. The Kier molecular flexibility index (Phi) is 11.7. The van der Waals surface area contributed by atoms with Crippen LogP contribution in [-0.2, 0) is 22.3 Å². The predicted octanol–water partition coefficient (Wildman–Crippen LogP) is 6.85. The van der Waals surface area contributed by atoms with Crippen molar-refractivity contribution in [1.82, 2.24) is 34.6 Å². The normalized spacial score (nSPS) is 16.5. The Morgan fingerprint density at radius 3 is 2.41 bits per heavy atom. The molecule has 0 spiro atoms. The molecule has 0 aliphatic carbocycles. The molecule has 5 heterocycles. The van der Waals surface area contributed by atoms with Gasteiger partial charge in [-0.05, 0) is 82.1 Å². The Hall–Kier alpha value is -7.06. The van der Waals surface area contributed by atoms with E-state index in [1.807, 2.05) is 19.9 Å². The van der Waals surface area contributed by atoms with Crippen LogP contribution < -0.4 is 20.4 Å². The second-order valence-electron chi connectivity index (χ2n) is 14.7. The van der Waals surface area contributed by atoms with Gasteiger partial charge in [0.15, 0.2) is 17.5 Å². The minimum atomic E-state index is -5.07. The van der Waals surface area contributed by atoms with E-state index in [1.165, 1.54) is 41.0 Å². The van der Waals surface area contributed by atoms with Crippen LogP contribution in [0.15, 0.2) is 67.1 Å². The number of amides is 4. The van der Waals surface area contributed by atoms with Gasteiger partial charge in [-0.2, -0.15) is 13.2 Å². The first-order valence-electron chi connectivity index (χ1n) is 19.4. The van der Waals surface area contributed by atoms with Crippen molar-refractivity contribution in [3.63, 3.8) is 0 Å². The first kappa shape index (κ1) is 42.1. The molecule has 0 bridgehead atoms. The van der Waals surface area contributed by atoms with Gasteiger partial charge in [0.1, 0.15) is 28.9 Å². The molecular formula is C40H40F4N12O5. The number of nitrogens with zero attached hydrogens (tertiary/aromatic N) is 10. The maximum absolute atomic E-state index is 13.8. The third-order valence-electron chi connectivity index (χ3n) is 10.6. The van der Waals surface area contributed by atoms with Gasteiger partial charge in [0.25, 0.3) is 11.6 Å². The summed E-state index contributed by atoms with van der Waals surface area (Å²) in [5.41, 5.74) is -1.75. The van der Waals surface area contributed by atoms with E-state index in [1.54, 1.807) is 28.2 Å². The second kappa shape index (κ2) is 16.9. The van der Waals surface area contributed by atoms with E-state index < -0.39 is 45.6 Å². The van der Waals surface area contributed by atoms with Crippen LogP contribution in [0.4, 0.5) is 51.1 Å². The average Bonchev–Trinajstić information content (AvgIpc) is 3.81. The maximum atomic E-state index is 13.8. The molecule has 318 valence electrons. The van der Waals surface area contributed by atoms with Crippen molar-refractivity contribution in [2.45, 2.75) is 64.7 Å². The van der Waals surface area contributed by atoms with Gasteiger partial charge in [-0.25, -0.2) is 29.1 Å². The molecule has 2 aliphatic heterocycles. The van der Waals surface area contributed by atoms with E-state index in [4.69, 9.17) is 9.97 Å². The van der Waals surface area contributed by atoms with Crippen LogP contribution >= 0.6 is 0 Å². The van der Waals surface area contributed by atoms with Crippen LogP contribution in [-0.4, -0.2) is 89.1 Å². The Balaban J connectivity index is 0.969. The number of aromatic nitrogens is 6. The number of urea groups is 1.